The number of nitrogens with one attached hydrogen (secondary N) is 1. The molecule has 3 heteroatoms. The first-order valence-corrected chi connectivity index (χ1v) is 5.29. The maximum Gasteiger partial charge on any atom is 0.150 e. The Kier molecular flexibility index (Phi) is 3.03. The highest BCUT2D eigenvalue weighted by molar-refractivity contribution is 5.17. The third-order valence-electron chi connectivity index (χ3n) is 3.13. The summed E-state index contributed by atoms with van der Waals surface area (Å²) in [4.78, 5) is 0. The number of aliphatic hydroxyl groups is 1. The highest BCUT2D eigenvalue weighted by Crippen LogP contribution is 2.28. The Morgan fingerprint density at radius 1 is 1.40 bits per heavy atom. The summed E-state index contributed by atoms with van der Waals surface area (Å²) in [5.74, 6) is -0.120. The van der Waals surface area contributed by atoms with Gasteiger partial charge in [-0.2, -0.15) is 0 Å². The van der Waals surface area contributed by atoms with E-state index in [1.54, 1.807) is 0 Å². The molecular formula is C12H16FNO. The van der Waals surface area contributed by atoms with E-state index < -0.39 is 12.3 Å². The summed E-state index contributed by atoms with van der Waals surface area (Å²) >= 11 is 0. The molecule has 1 aromatic carbocycles. The lowest BCUT2D eigenvalue weighted by Gasteiger charge is -2.23. The van der Waals surface area contributed by atoms with Crippen LogP contribution in [0.25, 0.3) is 0 Å². The molecule has 1 saturated heterocycles. The van der Waals surface area contributed by atoms with E-state index in [0.717, 1.165) is 5.56 Å². The molecule has 1 fully saturated rings. The second kappa shape index (κ2) is 4.29. The predicted molar refractivity (Wildman–Crippen MR) is 57.4 cm³/mol. The quantitative estimate of drug-likeness (QED) is 0.782. The van der Waals surface area contributed by atoms with E-state index in [1.165, 1.54) is 0 Å². The lowest BCUT2D eigenvalue weighted by atomic mass is 9.88. The van der Waals surface area contributed by atoms with Gasteiger partial charge in [0.2, 0.25) is 0 Å². The van der Waals surface area contributed by atoms with Crippen molar-refractivity contribution in [2.75, 3.05) is 19.7 Å². The molecule has 0 aromatic heterocycles. The fourth-order valence-electron chi connectivity index (χ4n) is 2.12. The lowest BCUT2D eigenvalue weighted by molar-refractivity contribution is 0.0494. The van der Waals surface area contributed by atoms with Gasteiger partial charge in [-0.05, 0) is 12.0 Å². The molecule has 2 rings (SSSR count). The summed E-state index contributed by atoms with van der Waals surface area (Å²) in [6, 6.07) is 9.85. The van der Waals surface area contributed by atoms with Crippen LogP contribution in [-0.2, 0) is 6.42 Å². The van der Waals surface area contributed by atoms with E-state index in [-0.39, 0.29) is 12.5 Å². The normalized spacial score (nSPS) is 30.7. The zero-order valence-electron chi connectivity index (χ0n) is 8.62. The van der Waals surface area contributed by atoms with Crippen molar-refractivity contribution in [2.24, 2.45) is 5.92 Å². The Morgan fingerprint density at radius 2 is 2.13 bits per heavy atom. The molecule has 0 aliphatic carbocycles. The van der Waals surface area contributed by atoms with Crippen LogP contribution in [0.1, 0.15) is 5.56 Å². The summed E-state index contributed by atoms with van der Waals surface area (Å²) in [7, 11) is 0. The highest BCUT2D eigenvalue weighted by Gasteiger charge is 2.42. The van der Waals surface area contributed by atoms with E-state index in [1.807, 2.05) is 30.3 Å². The minimum absolute atomic E-state index is 0.120. The molecule has 82 valence electrons. The van der Waals surface area contributed by atoms with Crippen LogP contribution in [0, 0.1) is 5.92 Å². The average Bonchev–Trinajstić information content (AvgIpc) is 2.63. The highest BCUT2D eigenvalue weighted by atomic mass is 19.1. The van der Waals surface area contributed by atoms with Crippen molar-refractivity contribution in [1.29, 1.82) is 0 Å². The second-order valence-electron chi connectivity index (χ2n) is 4.21. The maximum absolute atomic E-state index is 14.1. The van der Waals surface area contributed by atoms with Crippen LogP contribution >= 0.6 is 0 Å². The molecule has 15 heavy (non-hydrogen) atoms. The molecule has 0 saturated carbocycles. The van der Waals surface area contributed by atoms with E-state index in [0.29, 0.717) is 13.0 Å². The van der Waals surface area contributed by atoms with Crippen LogP contribution < -0.4 is 5.32 Å². The average molecular weight is 209 g/mol. The Labute approximate surface area is 89.1 Å². The predicted octanol–water partition coefficient (Wildman–Crippen LogP) is 1.15. The number of hydrogen-bond donors (Lipinski definition) is 2. The fourth-order valence-corrected chi connectivity index (χ4v) is 2.12. The van der Waals surface area contributed by atoms with Gasteiger partial charge in [-0.3, -0.25) is 0 Å². The number of alkyl halides is 1. The topological polar surface area (TPSA) is 32.3 Å². The van der Waals surface area contributed by atoms with Crippen molar-refractivity contribution < 1.29 is 9.50 Å². The van der Waals surface area contributed by atoms with Gasteiger partial charge >= 0.3 is 0 Å². The van der Waals surface area contributed by atoms with E-state index >= 15 is 0 Å². The standard InChI is InChI=1S/C12H16FNO/c13-12(9-15)8-14-7-11(12)6-10-4-2-1-3-5-10/h1-5,11,14-15H,6-9H2/t11-,12-/m1/s1. The number of hydrogen-bond acceptors (Lipinski definition) is 2. The van der Waals surface area contributed by atoms with Crippen molar-refractivity contribution in [1.82, 2.24) is 5.32 Å². The van der Waals surface area contributed by atoms with E-state index in [9.17, 15) is 4.39 Å². The van der Waals surface area contributed by atoms with Crippen LogP contribution in [0.2, 0.25) is 0 Å². The molecule has 1 aliphatic rings. The summed E-state index contributed by atoms with van der Waals surface area (Å²) in [6.07, 6.45) is 0.685. The van der Waals surface area contributed by atoms with Crippen molar-refractivity contribution in [2.45, 2.75) is 12.1 Å². The minimum Gasteiger partial charge on any atom is -0.393 e. The van der Waals surface area contributed by atoms with Gasteiger partial charge in [0.25, 0.3) is 0 Å². The molecule has 1 aromatic rings. The van der Waals surface area contributed by atoms with Gasteiger partial charge in [0.05, 0.1) is 6.61 Å². The Hall–Kier alpha value is -0.930. The monoisotopic (exact) mass is 209 g/mol. The van der Waals surface area contributed by atoms with Crippen LogP contribution in [0.4, 0.5) is 4.39 Å². The number of aliphatic hydroxyl groups excluding tert-OH is 1. The molecule has 2 N–H and O–H groups in total. The third kappa shape index (κ3) is 2.19. The molecule has 0 radical (unpaired) electrons. The number of benzene rings is 1. The SMILES string of the molecule is OC[C@]1(F)CNC[C@H]1Cc1ccccc1. The first-order valence-electron chi connectivity index (χ1n) is 5.29. The summed E-state index contributed by atoms with van der Waals surface area (Å²) in [6.45, 7) is 0.518. The van der Waals surface area contributed by atoms with Gasteiger partial charge in [-0.1, -0.05) is 30.3 Å². The molecule has 2 atom stereocenters. The minimum atomic E-state index is -1.45. The molecule has 2 nitrogen and oxygen atoms in total. The Morgan fingerprint density at radius 3 is 2.80 bits per heavy atom. The van der Waals surface area contributed by atoms with Gasteiger partial charge in [0.15, 0.2) is 5.67 Å². The van der Waals surface area contributed by atoms with Gasteiger partial charge < -0.3 is 10.4 Å². The van der Waals surface area contributed by atoms with Gasteiger partial charge in [0, 0.05) is 19.0 Å². The molecule has 0 unspecified atom stereocenters. The van der Waals surface area contributed by atoms with Gasteiger partial charge in [0.1, 0.15) is 0 Å². The lowest BCUT2D eigenvalue weighted by Crippen LogP contribution is -2.37. The van der Waals surface area contributed by atoms with Gasteiger partial charge in [-0.15, -0.1) is 0 Å². The molecule has 1 heterocycles. The molecule has 0 amide bonds. The van der Waals surface area contributed by atoms with Gasteiger partial charge in [-0.25, -0.2) is 4.39 Å². The van der Waals surface area contributed by atoms with Crippen LogP contribution in [0.15, 0.2) is 30.3 Å². The zero-order chi connectivity index (χ0) is 10.7. The van der Waals surface area contributed by atoms with Crippen LogP contribution in [-0.4, -0.2) is 30.5 Å². The Balaban J connectivity index is 2.06. The maximum atomic E-state index is 14.1. The summed E-state index contributed by atoms with van der Waals surface area (Å²) in [5, 5.41) is 12.1. The molecule has 1 aliphatic heterocycles. The zero-order valence-corrected chi connectivity index (χ0v) is 8.62. The summed E-state index contributed by atoms with van der Waals surface area (Å²) in [5.41, 5.74) is -0.322. The van der Waals surface area contributed by atoms with Crippen molar-refractivity contribution in [3.05, 3.63) is 35.9 Å². The molecular weight excluding hydrogens is 193 g/mol. The molecule has 0 spiro atoms. The smallest absolute Gasteiger partial charge is 0.150 e. The third-order valence-corrected chi connectivity index (χ3v) is 3.13. The Bertz CT molecular complexity index is 317. The fraction of sp³-hybridized carbons (Fsp3) is 0.500. The number of rotatable bonds is 3. The van der Waals surface area contributed by atoms with E-state index in [2.05, 4.69) is 5.32 Å². The van der Waals surface area contributed by atoms with E-state index in [4.69, 9.17) is 5.11 Å². The van der Waals surface area contributed by atoms with Crippen molar-refractivity contribution in [3.63, 3.8) is 0 Å². The summed E-state index contributed by atoms with van der Waals surface area (Å²) < 4.78 is 14.1. The van der Waals surface area contributed by atoms with Crippen LogP contribution in [0.3, 0.4) is 0 Å². The second-order valence-corrected chi connectivity index (χ2v) is 4.21. The van der Waals surface area contributed by atoms with Crippen LogP contribution in [0.5, 0.6) is 0 Å². The largest absolute Gasteiger partial charge is 0.393 e. The number of halogens is 1. The molecule has 0 bridgehead atoms. The van der Waals surface area contributed by atoms with Crippen molar-refractivity contribution >= 4 is 0 Å². The first kappa shape index (κ1) is 10.6. The first-order chi connectivity index (χ1) is 7.24. The van der Waals surface area contributed by atoms with Crippen molar-refractivity contribution in [3.8, 4) is 0 Å².